The molecule has 0 bridgehead atoms. The van der Waals surface area contributed by atoms with Crippen LogP contribution in [-0.4, -0.2) is 29.2 Å². The Balaban J connectivity index is 4.65. The number of carbonyl (C=O) groups is 2. The molecule has 3 N–H and O–H groups in total. The van der Waals surface area contributed by atoms with Crippen molar-refractivity contribution in [3.8, 4) is 0 Å². The van der Waals surface area contributed by atoms with Crippen LogP contribution in [0.5, 0.6) is 0 Å². The van der Waals surface area contributed by atoms with Crippen LogP contribution < -0.4 is 5.73 Å². The molecule has 0 heterocycles. The molecule has 2 atom stereocenters. The molecule has 0 unspecified atom stereocenters. The quantitative estimate of drug-likeness (QED) is 0.532. The number of hydrogen-bond donors (Lipinski definition) is 2. The van der Waals surface area contributed by atoms with E-state index in [1.165, 1.54) is 0 Å². The van der Waals surface area contributed by atoms with Crippen LogP contribution in [0.25, 0.3) is 0 Å². The number of aliphatic carboxylic acids is 1. The monoisotopic (exact) mass is 217 g/mol. The summed E-state index contributed by atoms with van der Waals surface area (Å²) in [7, 11) is 0. The van der Waals surface area contributed by atoms with E-state index in [4.69, 9.17) is 15.6 Å². The molecule has 15 heavy (non-hydrogen) atoms. The van der Waals surface area contributed by atoms with E-state index in [1.807, 2.05) is 0 Å². The van der Waals surface area contributed by atoms with Crippen LogP contribution in [0, 0.1) is 11.8 Å². The van der Waals surface area contributed by atoms with Crippen LogP contribution in [0.4, 0.5) is 0 Å². The standard InChI is InChI=1S/C10H19NO4/c1-6(5-11)7(8(12)13)9(14)15-10(2,3)4/h6-7H,5,11H2,1-4H3,(H,12,13)/t6-,7+/m1/s1. The Kier molecular flexibility index (Phi) is 4.74. The topological polar surface area (TPSA) is 89.6 Å². The Morgan fingerprint density at radius 2 is 1.87 bits per heavy atom. The predicted molar refractivity (Wildman–Crippen MR) is 55.2 cm³/mol. The van der Waals surface area contributed by atoms with Gasteiger partial charge in [0.1, 0.15) is 5.60 Å². The van der Waals surface area contributed by atoms with Gasteiger partial charge in [-0.3, -0.25) is 9.59 Å². The summed E-state index contributed by atoms with van der Waals surface area (Å²) in [4.78, 5) is 22.4. The molecule has 0 rings (SSSR count). The van der Waals surface area contributed by atoms with Crippen molar-refractivity contribution >= 4 is 11.9 Å². The average Bonchev–Trinajstić information content (AvgIpc) is 1.99. The smallest absolute Gasteiger partial charge is 0.321 e. The van der Waals surface area contributed by atoms with Crippen molar-refractivity contribution in [2.75, 3.05) is 6.54 Å². The maximum atomic E-state index is 11.5. The zero-order chi connectivity index (χ0) is 12.2. The highest BCUT2D eigenvalue weighted by Gasteiger charge is 2.35. The second-order valence-corrected chi connectivity index (χ2v) is 4.56. The van der Waals surface area contributed by atoms with E-state index in [0.717, 1.165) is 0 Å². The number of hydrogen-bond acceptors (Lipinski definition) is 4. The summed E-state index contributed by atoms with van der Waals surface area (Å²) in [6.45, 7) is 6.82. The summed E-state index contributed by atoms with van der Waals surface area (Å²) in [6.07, 6.45) is 0. The molecule has 5 heteroatoms. The van der Waals surface area contributed by atoms with E-state index in [0.29, 0.717) is 0 Å². The first-order valence-electron chi connectivity index (χ1n) is 4.84. The number of carbonyl (C=O) groups excluding carboxylic acids is 1. The molecular formula is C10H19NO4. The van der Waals surface area contributed by atoms with E-state index in [-0.39, 0.29) is 6.54 Å². The fraction of sp³-hybridized carbons (Fsp3) is 0.800. The van der Waals surface area contributed by atoms with Gasteiger partial charge in [-0.2, -0.15) is 0 Å². The summed E-state index contributed by atoms with van der Waals surface area (Å²) in [6, 6.07) is 0. The molecule has 0 radical (unpaired) electrons. The zero-order valence-corrected chi connectivity index (χ0v) is 9.61. The van der Waals surface area contributed by atoms with Crippen LogP contribution >= 0.6 is 0 Å². The highest BCUT2D eigenvalue weighted by Crippen LogP contribution is 2.17. The molecule has 0 aromatic rings. The highest BCUT2D eigenvalue weighted by atomic mass is 16.6. The number of esters is 1. The first-order valence-corrected chi connectivity index (χ1v) is 4.84. The molecule has 0 aliphatic carbocycles. The van der Waals surface area contributed by atoms with E-state index in [9.17, 15) is 9.59 Å². The molecule has 0 spiro atoms. The van der Waals surface area contributed by atoms with Crippen molar-refractivity contribution in [3.63, 3.8) is 0 Å². The molecule has 88 valence electrons. The van der Waals surface area contributed by atoms with Gasteiger partial charge in [-0.15, -0.1) is 0 Å². The van der Waals surface area contributed by atoms with Crippen LogP contribution in [0.15, 0.2) is 0 Å². The maximum Gasteiger partial charge on any atom is 0.321 e. The molecule has 0 fully saturated rings. The first kappa shape index (κ1) is 13.9. The fourth-order valence-corrected chi connectivity index (χ4v) is 1.08. The number of nitrogens with two attached hydrogens (primary N) is 1. The minimum absolute atomic E-state index is 0.135. The van der Waals surface area contributed by atoms with Gasteiger partial charge in [0.05, 0.1) is 0 Å². The molecule has 0 saturated heterocycles. The van der Waals surface area contributed by atoms with E-state index in [1.54, 1.807) is 27.7 Å². The number of rotatable bonds is 4. The largest absolute Gasteiger partial charge is 0.481 e. The van der Waals surface area contributed by atoms with Crippen molar-refractivity contribution in [1.82, 2.24) is 0 Å². The predicted octanol–water partition coefficient (Wildman–Crippen LogP) is 0.624. The SMILES string of the molecule is C[C@H](CN)[C@@H](C(=O)O)C(=O)OC(C)(C)C. The van der Waals surface area contributed by atoms with Gasteiger partial charge >= 0.3 is 11.9 Å². The van der Waals surface area contributed by atoms with Gasteiger partial charge in [-0.05, 0) is 33.2 Å². The third-order valence-electron chi connectivity index (χ3n) is 1.87. The van der Waals surface area contributed by atoms with Gasteiger partial charge in [0.25, 0.3) is 0 Å². The van der Waals surface area contributed by atoms with Gasteiger partial charge in [0, 0.05) is 0 Å². The summed E-state index contributed by atoms with van der Waals surface area (Å²) >= 11 is 0. The van der Waals surface area contributed by atoms with Crippen LogP contribution in [0.2, 0.25) is 0 Å². The Labute approximate surface area is 89.6 Å². The minimum atomic E-state index is -1.19. The minimum Gasteiger partial charge on any atom is -0.481 e. The van der Waals surface area contributed by atoms with E-state index in [2.05, 4.69) is 0 Å². The van der Waals surface area contributed by atoms with Crippen molar-refractivity contribution in [3.05, 3.63) is 0 Å². The Morgan fingerprint density at radius 3 is 2.13 bits per heavy atom. The zero-order valence-electron chi connectivity index (χ0n) is 9.61. The maximum absolute atomic E-state index is 11.5. The van der Waals surface area contributed by atoms with Crippen molar-refractivity contribution in [2.24, 2.45) is 17.6 Å². The summed E-state index contributed by atoms with van der Waals surface area (Å²) in [5, 5.41) is 8.89. The van der Waals surface area contributed by atoms with Crippen LogP contribution in [-0.2, 0) is 14.3 Å². The Bertz CT molecular complexity index is 244. The highest BCUT2D eigenvalue weighted by molar-refractivity contribution is 5.94. The molecule has 0 aromatic carbocycles. The van der Waals surface area contributed by atoms with Crippen LogP contribution in [0.3, 0.4) is 0 Å². The van der Waals surface area contributed by atoms with Crippen molar-refractivity contribution in [2.45, 2.75) is 33.3 Å². The Morgan fingerprint density at radius 1 is 1.40 bits per heavy atom. The third-order valence-corrected chi connectivity index (χ3v) is 1.87. The molecule has 0 aromatic heterocycles. The van der Waals surface area contributed by atoms with Gasteiger partial charge < -0.3 is 15.6 Å². The van der Waals surface area contributed by atoms with Gasteiger partial charge in [-0.1, -0.05) is 6.92 Å². The van der Waals surface area contributed by atoms with E-state index >= 15 is 0 Å². The summed E-state index contributed by atoms with van der Waals surface area (Å²) < 4.78 is 5.01. The lowest BCUT2D eigenvalue weighted by Crippen LogP contribution is -2.38. The van der Waals surface area contributed by atoms with Crippen molar-refractivity contribution in [1.29, 1.82) is 0 Å². The van der Waals surface area contributed by atoms with Gasteiger partial charge in [0.2, 0.25) is 0 Å². The second-order valence-electron chi connectivity index (χ2n) is 4.56. The molecule has 0 amide bonds. The molecular weight excluding hydrogens is 198 g/mol. The lowest BCUT2D eigenvalue weighted by atomic mass is 9.94. The number of ether oxygens (including phenoxy) is 1. The normalized spacial score (nSPS) is 15.5. The van der Waals surface area contributed by atoms with E-state index < -0.39 is 29.4 Å². The molecule has 0 aliphatic rings. The van der Waals surface area contributed by atoms with Crippen molar-refractivity contribution < 1.29 is 19.4 Å². The fourth-order valence-electron chi connectivity index (χ4n) is 1.08. The number of carboxylic acids is 1. The molecule has 5 nitrogen and oxygen atoms in total. The number of carboxylic acid groups (broad SMARTS) is 1. The summed E-state index contributed by atoms with van der Waals surface area (Å²) in [5.74, 6) is -3.54. The lowest BCUT2D eigenvalue weighted by Gasteiger charge is -2.24. The third kappa shape index (κ3) is 4.78. The lowest BCUT2D eigenvalue weighted by molar-refractivity contribution is -0.169. The van der Waals surface area contributed by atoms with Crippen LogP contribution in [0.1, 0.15) is 27.7 Å². The molecule has 0 aliphatic heterocycles. The van der Waals surface area contributed by atoms with Gasteiger partial charge in [0.15, 0.2) is 5.92 Å². The molecule has 0 saturated carbocycles. The average molecular weight is 217 g/mol. The second kappa shape index (κ2) is 5.11. The van der Waals surface area contributed by atoms with Gasteiger partial charge in [-0.25, -0.2) is 0 Å². The Hall–Kier alpha value is -1.10. The first-order chi connectivity index (χ1) is 6.69. The summed E-state index contributed by atoms with van der Waals surface area (Å²) in [5.41, 5.74) is 4.66.